The van der Waals surface area contributed by atoms with Gasteiger partial charge in [-0.2, -0.15) is 4.31 Å². The first-order valence-electron chi connectivity index (χ1n) is 8.71. The molecule has 0 aliphatic heterocycles. The number of aromatic nitrogens is 1. The van der Waals surface area contributed by atoms with Gasteiger partial charge in [0.25, 0.3) is 5.69 Å². The van der Waals surface area contributed by atoms with E-state index >= 15 is 0 Å². The fraction of sp³-hybridized carbons (Fsp3) is 0.211. The minimum absolute atomic E-state index is 0.0786. The highest BCUT2D eigenvalue weighted by atomic mass is 32.2. The minimum Gasteiger partial charge on any atom is -0.383 e. The zero-order chi connectivity index (χ0) is 21.0. The van der Waals surface area contributed by atoms with Gasteiger partial charge in [0.05, 0.1) is 27.1 Å². The molecule has 152 valence electrons. The van der Waals surface area contributed by atoms with Gasteiger partial charge in [-0.25, -0.2) is 13.4 Å². The van der Waals surface area contributed by atoms with Gasteiger partial charge in [0.15, 0.2) is 0 Å². The van der Waals surface area contributed by atoms with Gasteiger partial charge in [-0.3, -0.25) is 10.1 Å². The molecule has 1 aromatic heterocycles. The molecule has 0 aliphatic rings. The number of nitrogens with zero attached hydrogens (tertiary/aromatic N) is 3. The summed E-state index contributed by atoms with van der Waals surface area (Å²) in [6.45, 7) is 0.0786. The third kappa shape index (κ3) is 4.78. The molecule has 3 aromatic rings. The molecule has 0 atom stereocenters. The molecular weight excluding hydrogens is 412 g/mol. The minimum atomic E-state index is -3.90. The molecule has 0 saturated heterocycles. The maximum Gasteiger partial charge on any atom is 0.293 e. The van der Waals surface area contributed by atoms with E-state index in [9.17, 15) is 18.5 Å². The molecular formula is C19H20N4O4S2. The number of nitro groups is 1. The van der Waals surface area contributed by atoms with Crippen LogP contribution in [-0.2, 0) is 23.0 Å². The molecule has 8 nitrogen and oxygen atoms in total. The largest absolute Gasteiger partial charge is 0.383 e. The van der Waals surface area contributed by atoms with Crippen LogP contribution in [0.5, 0.6) is 0 Å². The summed E-state index contributed by atoms with van der Waals surface area (Å²) < 4.78 is 26.9. The average molecular weight is 433 g/mol. The molecule has 1 N–H and O–H groups in total. The van der Waals surface area contributed by atoms with Crippen LogP contribution in [0.4, 0.5) is 11.4 Å². The van der Waals surface area contributed by atoms with Crippen LogP contribution >= 0.6 is 11.3 Å². The highest BCUT2D eigenvalue weighted by molar-refractivity contribution is 7.89. The predicted molar refractivity (Wildman–Crippen MR) is 113 cm³/mol. The summed E-state index contributed by atoms with van der Waals surface area (Å²) in [6.07, 6.45) is 0.680. The van der Waals surface area contributed by atoms with Crippen molar-refractivity contribution in [3.8, 4) is 0 Å². The monoisotopic (exact) mass is 432 g/mol. The third-order valence-corrected chi connectivity index (χ3v) is 7.02. The Hall–Kier alpha value is -2.82. The molecule has 0 saturated carbocycles. The van der Waals surface area contributed by atoms with E-state index < -0.39 is 14.9 Å². The summed E-state index contributed by atoms with van der Waals surface area (Å²) in [5.74, 6) is 0. The number of hydrogen-bond donors (Lipinski definition) is 1. The van der Waals surface area contributed by atoms with Crippen molar-refractivity contribution in [2.45, 2.75) is 17.9 Å². The maximum atomic E-state index is 12.9. The second-order valence-corrected chi connectivity index (χ2v) is 9.33. The fourth-order valence-electron chi connectivity index (χ4n) is 2.80. The summed E-state index contributed by atoms with van der Waals surface area (Å²) in [6, 6.07) is 13.7. The molecule has 10 heteroatoms. The Bertz CT molecular complexity index is 1110. The SMILES string of the molecule is CNc1ccc(S(=O)(=O)N(C)Cc2csc(Cc3ccccc3)n2)cc1[N+](=O)[O-]. The third-order valence-electron chi connectivity index (χ3n) is 4.33. The van der Waals surface area contributed by atoms with Crippen LogP contribution in [0.2, 0.25) is 0 Å². The van der Waals surface area contributed by atoms with Crippen LogP contribution in [0, 0.1) is 10.1 Å². The van der Waals surface area contributed by atoms with Crippen molar-refractivity contribution in [1.82, 2.24) is 9.29 Å². The van der Waals surface area contributed by atoms with Crippen molar-refractivity contribution < 1.29 is 13.3 Å². The van der Waals surface area contributed by atoms with E-state index in [1.807, 2.05) is 35.7 Å². The molecule has 29 heavy (non-hydrogen) atoms. The Morgan fingerprint density at radius 3 is 2.59 bits per heavy atom. The number of nitrogens with one attached hydrogen (secondary N) is 1. The van der Waals surface area contributed by atoms with E-state index in [1.54, 1.807) is 0 Å². The first-order valence-corrected chi connectivity index (χ1v) is 11.0. The van der Waals surface area contributed by atoms with Crippen LogP contribution in [0.15, 0.2) is 58.8 Å². The molecule has 2 aromatic carbocycles. The topological polar surface area (TPSA) is 105 Å². The summed E-state index contributed by atoms with van der Waals surface area (Å²) >= 11 is 1.47. The van der Waals surface area contributed by atoms with Gasteiger partial charge < -0.3 is 5.32 Å². The maximum absolute atomic E-state index is 12.9. The molecule has 1 heterocycles. The summed E-state index contributed by atoms with van der Waals surface area (Å²) in [4.78, 5) is 15.0. The highest BCUT2D eigenvalue weighted by Gasteiger charge is 2.25. The van der Waals surface area contributed by atoms with E-state index in [2.05, 4.69) is 10.3 Å². The lowest BCUT2D eigenvalue weighted by Crippen LogP contribution is -2.26. The Morgan fingerprint density at radius 1 is 1.21 bits per heavy atom. The van der Waals surface area contributed by atoms with Gasteiger partial charge in [-0.05, 0) is 17.7 Å². The van der Waals surface area contributed by atoms with E-state index in [0.717, 1.165) is 20.9 Å². The quantitative estimate of drug-likeness (QED) is 0.431. The van der Waals surface area contributed by atoms with Crippen LogP contribution in [0.25, 0.3) is 0 Å². The summed E-state index contributed by atoms with van der Waals surface area (Å²) in [5, 5.41) is 16.6. The number of nitro benzene ring substituents is 1. The number of anilines is 1. The van der Waals surface area contributed by atoms with Crippen LogP contribution in [-0.4, -0.2) is 36.7 Å². The Labute approximate surface area is 173 Å². The first-order chi connectivity index (χ1) is 13.8. The zero-order valence-corrected chi connectivity index (χ0v) is 17.5. The molecule has 0 radical (unpaired) electrons. The number of sulfonamides is 1. The Kier molecular flexibility index (Phi) is 6.26. The Balaban J connectivity index is 1.77. The predicted octanol–water partition coefficient (Wildman–Crippen LogP) is 3.50. The number of hydrogen-bond acceptors (Lipinski definition) is 7. The smallest absolute Gasteiger partial charge is 0.293 e. The molecule has 3 rings (SSSR count). The molecule has 0 bridgehead atoms. The summed E-state index contributed by atoms with van der Waals surface area (Å²) in [7, 11) is -0.929. The van der Waals surface area contributed by atoms with Crippen molar-refractivity contribution in [2.24, 2.45) is 0 Å². The lowest BCUT2D eigenvalue weighted by Gasteiger charge is -2.16. The molecule has 0 unspecified atom stereocenters. The van der Waals surface area contributed by atoms with Crippen LogP contribution in [0.1, 0.15) is 16.3 Å². The first kappa shape index (κ1) is 20.9. The second-order valence-electron chi connectivity index (χ2n) is 6.34. The lowest BCUT2D eigenvalue weighted by molar-refractivity contribution is -0.384. The fourth-order valence-corrected chi connectivity index (χ4v) is 4.78. The Morgan fingerprint density at radius 2 is 1.93 bits per heavy atom. The number of benzene rings is 2. The molecule has 0 fully saturated rings. The standard InChI is InChI=1S/C19H20N4O4S2/c1-20-17-9-8-16(11-18(17)23(24)25)29(26,27)22(2)12-15-13-28-19(21-15)10-14-6-4-3-5-7-14/h3-9,11,13,20H,10,12H2,1-2H3. The van der Waals surface area contributed by atoms with Crippen molar-refractivity contribution in [2.75, 3.05) is 19.4 Å². The van der Waals surface area contributed by atoms with Gasteiger partial charge in [0, 0.05) is 32.0 Å². The second kappa shape index (κ2) is 8.68. The number of rotatable bonds is 8. The highest BCUT2D eigenvalue weighted by Crippen LogP contribution is 2.29. The molecule has 0 aliphatic carbocycles. The van der Waals surface area contributed by atoms with E-state index in [-0.39, 0.29) is 22.8 Å². The van der Waals surface area contributed by atoms with E-state index in [0.29, 0.717) is 12.1 Å². The van der Waals surface area contributed by atoms with Crippen molar-refractivity contribution >= 4 is 32.7 Å². The van der Waals surface area contributed by atoms with Crippen molar-refractivity contribution in [3.05, 3.63) is 80.3 Å². The average Bonchev–Trinajstić information content (AvgIpc) is 3.14. The van der Waals surface area contributed by atoms with Gasteiger partial charge in [-0.15, -0.1) is 11.3 Å². The molecule has 0 amide bonds. The van der Waals surface area contributed by atoms with Crippen molar-refractivity contribution in [3.63, 3.8) is 0 Å². The van der Waals surface area contributed by atoms with E-state index in [1.165, 1.54) is 37.6 Å². The van der Waals surface area contributed by atoms with Crippen molar-refractivity contribution in [1.29, 1.82) is 0 Å². The zero-order valence-electron chi connectivity index (χ0n) is 15.9. The van der Waals surface area contributed by atoms with Gasteiger partial charge in [0.2, 0.25) is 10.0 Å². The van der Waals surface area contributed by atoms with Crippen LogP contribution < -0.4 is 5.32 Å². The summed E-state index contributed by atoms with van der Waals surface area (Å²) in [5.41, 5.74) is 1.72. The van der Waals surface area contributed by atoms with Gasteiger partial charge in [0.1, 0.15) is 5.69 Å². The normalized spacial score (nSPS) is 11.6. The lowest BCUT2D eigenvalue weighted by atomic mass is 10.2. The molecule has 0 spiro atoms. The van der Waals surface area contributed by atoms with Crippen LogP contribution in [0.3, 0.4) is 0 Å². The number of thiazole rings is 1. The van der Waals surface area contributed by atoms with Gasteiger partial charge in [-0.1, -0.05) is 30.3 Å². The van der Waals surface area contributed by atoms with E-state index in [4.69, 9.17) is 0 Å². The van der Waals surface area contributed by atoms with Gasteiger partial charge >= 0.3 is 0 Å².